The second-order valence-electron chi connectivity index (χ2n) is 7.20. The average molecular weight is 409 g/mol. The summed E-state index contributed by atoms with van der Waals surface area (Å²) < 4.78 is 19.4. The van der Waals surface area contributed by atoms with Crippen molar-refractivity contribution in [1.82, 2.24) is 19.5 Å². The number of carbonyl (C=O) groups is 2. The number of fused-ring (bicyclic) bond motifs is 1. The van der Waals surface area contributed by atoms with Gasteiger partial charge in [-0.15, -0.1) is 0 Å². The fourth-order valence-corrected chi connectivity index (χ4v) is 4.56. The molecule has 0 N–H and O–H groups in total. The van der Waals surface area contributed by atoms with Crippen LogP contribution in [0.5, 0.6) is 0 Å². The van der Waals surface area contributed by atoms with Gasteiger partial charge in [-0.25, -0.2) is 15.0 Å². The van der Waals surface area contributed by atoms with Crippen LogP contribution in [0.25, 0.3) is 11.2 Å². The van der Waals surface area contributed by atoms with Gasteiger partial charge < -0.3 is 14.2 Å². The van der Waals surface area contributed by atoms with E-state index in [2.05, 4.69) is 21.9 Å². The van der Waals surface area contributed by atoms with Crippen LogP contribution < -0.4 is 0 Å². The van der Waals surface area contributed by atoms with Gasteiger partial charge in [0.25, 0.3) is 0 Å². The predicted octanol–water partition coefficient (Wildman–Crippen LogP) is 2.43. The highest BCUT2D eigenvalue weighted by molar-refractivity contribution is 6.33. The van der Waals surface area contributed by atoms with Crippen molar-refractivity contribution in [3.63, 3.8) is 0 Å². The molecule has 0 bridgehead atoms. The topological polar surface area (TPSA) is 105 Å². The van der Waals surface area contributed by atoms with Crippen LogP contribution in [0.1, 0.15) is 46.3 Å². The van der Waals surface area contributed by atoms with Crippen molar-refractivity contribution in [1.29, 1.82) is 0 Å². The molecule has 0 aromatic carbocycles. The second-order valence-corrected chi connectivity index (χ2v) is 7.56. The molecule has 5 atom stereocenters. The molecule has 1 aliphatic carbocycles. The minimum Gasteiger partial charge on any atom is -0.455 e. The van der Waals surface area contributed by atoms with Crippen LogP contribution in [0.3, 0.4) is 0 Å². The smallest absolute Gasteiger partial charge is 0.303 e. The molecule has 2 aromatic rings. The van der Waals surface area contributed by atoms with Gasteiger partial charge in [0, 0.05) is 13.8 Å². The highest BCUT2D eigenvalue weighted by Crippen LogP contribution is 2.56. The first-order chi connectivity index (χ1) is 13.4. The third kappa shape index (κ3) is 2.84. The van der Waals surface area contributed by atoms with E-state index in [1.165, 1.54) is 26.5 Å². The third-order valence-corrected chi connectivity index (χ3v) is 5.93. The molecule has 28 heavy (non-hydrogen) atoms. The number of ether oxygens (including phenoxy) is 3. The third-order valence-electron chi connectivity index (χ3n) is 5.65. The second kappa shape index (κ2) is 6.97. The molecule has 1 saturated carbocycles. The molecule has 0 radical (unpaired) electrons. The number of hydrogen-bond donors (Lipinski definition) is 0. The Labute approximate surface area is 166 Å². The molecule has 1 aliphatic heterocycles. The number of rotatable bonds is 4. The van der Waals surface area contributed by atoms with E-state index >= 15 is 0 Å². The summed E-state index contributed by atoms with van der Waals surface area (Å²) in [5, 5.41) is 0.215. The first kappa shape index (κ1) is 19.1. The highest BCUT2D eigenvalue weighted by atomic mass is 35.5. The lowest BCUT2D eigenvalue weighted by atomic mass is 9.65. The lowest BCUT2D eigenvalue weighted by Crippen LogP contribution is -2.57. The van der Waals surface area contributed by atoms with Gasteiger partial charge >= 0.3 is 11.9 Å². The summed E-state index contributed by atoms with van der Waals surface area (Å²) in [6.07, 6.45) is 3.07. The minimum atomic E-state index is -0.832. The first-order valence-electron chi connectivity index (χ1n) is 9.22. The molecule has 2 aromatic heterocycles. The molecule has 0 amide bonds. The zero-order chi connectivity index (χ0) is 20.1. The molecular formula is C18H21ClN4O5. The number of imidazole rings is 1. The molecule has 10 heteroatoms. The number of nitrogens with zero attached hydrogens (tertiary/aromatic N) is 4. The lowest BCUT2D eigenvalue weighted by molar-refractivity contribution is -0.200. The van der Waals surface area contributed by atoms with Gasteiger partial charge in [0.15, 0.2) is 29.2 Å². The van der Waals surface area contributed by atoms with Crippen LogP contribution in [0.15, 0.2) is 12.7 Å². The Bertz CT molecular complexity index is 932. The van der Waals surface area contributed by atoms with E-state index in [9.17, 15) is 9.59 Å². The van der Waals surface area contributed by atoms with E-state index in [-0.39, 0.29) is 11.1 Å². The van der Waals surface area contributed by atoms with Crippen LogP contribution in [0.2, 0.25) is 5.15 Å². The molecule has 9 nitrogen and oxygen atoms in total. The summed E-state index contributed by atoms with van der Waals surface area (Å²) in [6.45, 7) is 4.72. The van der Waals surface area contributed by atoms with Gasteiger partial charge in [0.2, 0.25) is 0 Å². The SMILES string of the molecule is CC[C@H]1CC[C@@]12O[C@@H](n1cnc3c(Cl)ncnc31)C(OC(C)=O)[C@H]2OC(C)=O. The van der Waals surface area contributed by atoms with Crippen LogP contribution >= 0.6 is 11.6 Å². The van der Waals surface area contributed by atoms with Crippen molar-refractivity contribution >= 4 is 34.7 Å². The fraction of sp³-hybridized carbons (Fsp3) is 0.611. The van der Waals surface area contributed by atoms with E-state index in [1.54, 1.807) is 4.57 Å². The maximum atomic E-state index is 11.8. The zero-order valence-electron chi connectivity index (χ0n) is 15.8. The standard InChI is InChI=1S/C18H21ClN4O5/c1-4-11-5-6-18(11)14(27-10(3)25)13(26-9(2)24)17(28-18)23-8-22-12-15(19)20-7-21-16(12)23/h7-8,11,13-14,17H,4-6H2,1-3H3/t11-,13?,14+,17+,18+/m0/s1. The Morgan fingerprint density at radius 2 is 2.04 bits per heavy atom. The van der Waals surface area contributed by atoms with E-state index in [1.807, 2.05) is 0 Å². The minimum absolute atomic E-state index is 0.188. The van der Waals surface area contributed by atoms with E-state index in [0.29, 0.717) is 17.6 Å². The maximum Gasteiger partial charge on any atom is 0.303 e. The molecular weight excluding hydrogens is 388 g/mol. The van der Waals surface area contributed by atoms with Crippen molar-refractivity contribution in [2.45, 2.75) is 64.1 Å². The van der Waals surface area contributed by atoms with Gasteiger partial charge in [-0.2, -0.15) is 0 Å². The van der Waals surface area contributed by atoms with Crippen molar-refractivity contribution in [3.05, 3.63) is 17.8 Å². The van der Waals surface area contributed by atoms with E-state index < -0.39 is 36.0 Å². The Morgan fingerprint density at radius 1 is 1.29 bits per heavy atom. The largest absolute Gasteiger partial charge is 0.455 e. The molecule has 3 heterocycles. The number of aromatic nitrogens is 4. The van der Waals surface area contributed by atoms with Gasteiger partial charge in [0.05, 0.1) is 6.33 Å². The first-order valence-corrected chi connectivity index (χ1v) is 9.60. The normalized spacial score (nSPS) is 31.7. The van der Waals surface area contributed by atoms with Crippen molar-refractivity contribution in [3.8, 4) is 0 Å². The average Bonchev–Trinajstić information content (AvgIpc) is 3.16. The summed E-state index contributed by atoms with van der Waals surface area (Å²) >= 11 is 6.11. The van der Waals surface area contributed by atoms with Crippen LogP contribution in [0.4, 0.5) is 0 Å². The van der Waals surface area contributed by atoms with Crippen molar-refractivity contribution in [2.75, 3.05) is 0 Å². The number of esters is 2. The molecule has 4 rings (SSSR count). The molecule has 150 valence electrons. The summed E-state index contributed by atoms with van der Waals surface area (Å²) in [6, 6.07) is 0. The summed E-state index contributed by atoms with van der Waals surface area (Å²) in [4.78, 5) is 36.1. The Balaban J connectivity index is 1.81. The van der Waals surface area contributed by atoms with Gasteiger partial charge in [0.1, 0.15) is 17.4 Å². The molecule has 1 saturated heterocycles. The van der Waals surface area contributed by atoms with Crippen LogP contribution in [-0.4, -0.2) is 49.3 Å². The maximum absolute atomic E-state index is 11.8. The monoisotopic (exact) mass is 408 g/mol. The van der Waals surface area contributed by atoms with Crippen LogP contribution in [0, 0.1) is 5.92 Å². The van der Waals surface area contributed by atoms with E-state index in [4.69, 9.17) is 25.8 Å². The number of carbonyl (C=O) groups excluding carboxylic acids is 2. The Kier molecular flexibility index (Phi) is 4.75. The molecule has 1 spiro atoms. The quantitative estimate of drug-likeness (QED) is 0.561. The molecule has 2 aliphatic rings. The number of halogens is 1. The predicted molar refractivity (Wildman–Crippen MR) is 97.3 cm³/mol. The summed E-state index contributed by atoms with van der Waals surface area (Å²) in [7, 11) is 0. The van der Waals surface area contributed by atoms with Crippen molar-refractivity contribution in [2.24, 2.45) is 5.92 Å². The Hall–Kier alpha value is -2.26. The lowest BCUT2D eigenvalue weighted by Gasteiger charge is -2.48. The van der Waals surface area contributed by atoms with Crippen molar-refractivity contribution < 1.29 is 23.8 Å². The number of hydrogen-bond acceptors (Lipinski definition) is 8. The van der Waals surface area contributed by atoms with Crippen LogP contribution in [-0.2, 0) is 23.8 Å². The Morgan fingerprint density at radius 3 is 2.64 bits per heavy atom. The summed E-state index contributed by atoms with van der Waals surface area (Å²) in [5.41, 5.74) is 0.159. The van der Waals surface area contributed by atoms with Gasteiger partial charge in [-0.3, -0.25) is 14.2 Å². The zero-order valence-corrected chi connectivity index (χ0v) is 16.5. The molecule has 2 fully saturated rings. The van der Waals surface area contributed by atoms with E-state index in [0.717, 1.165) is 12.8 Å². The fourth-order valence-electron chi connectivity index (χ4n) is 4.38. The van der Waals surface area contributed by atoms with Gasteiger partial charge in [-0.1, -0.05) is 24.9 Å². The highest BCUT2D eigenvalue weighted by Gasteiger charge is 2.66. The molecule has 1 unspecified atom stereocenters. The summed E-state index contributed by atoms with van der Waals surface area (Å²) in [5.74, 6) is -0.751. The van der Waals surface area contributed by atoms with Gasteiger partial charge in [-0.05, 0) is 18.8 Å².